The predicted octanol–water partition coefficient (Wildman–Crippen LogP) is 2.38. The quantitative estimate of drug-likeness (QED) is 0.811. The fraction of sp³-hybridized carbons (Fsp3) is 0.300. The lowest BCUT2D eigenvalue weighted by atomic mass is 9.96. The van der Waals surface area contributed by atoms with Gasteiger partial charge in [0, 0.05) is 23.7 Å². The minimum absolute atomic E-state index is 0.208. The lowest BCUT2D eigenvalue weighted by molar-refractivity contribution is -0.136. The van der Waals surface area contributed by atoms with Crippen LogP contribution in [-0.4, -0.2) is 31.6 Å². The summed E-state index contributed by atoms with van der Waals surface area (Å²) in [5, 5.41) is 5.24. The molecule has 0 unspecified atom stereocenters. The zero-order valence-corrected chi connectivity index (χ0v) is 14.6. The largest absolute Gasteiger partial charge is 0.486 e. The van der Waals surface area contributed by atoms with Crippen LogP contribution in [0.3, 0.4) is 0 Å². The summed E-state index contributed by atoms with van der Waals surface area (Å²) in [6.45, 7) is 1.26. The second-order valence-corrected chi connectivity index (χ2v) is 6.78. The van der Waals surface area contributed by atoms with Gasteiger partial charge in [0.15, 0.2) is 11.5 Å². The minimum Gasteiger partial charge on any atom is -0.486 e. The van der Waals surface area contributed by atoms with E-state index in [0.717, 1.165) is 18.4 Å². The van der Waals surface area contributed by atoms with E-state index in [4.69, 9.17) is 9.47 Å². The van der Waals surface area contributed by atoms with E-state index in [-0.39, 0.29) is 11.2 Å². The first-order chi connectivity index (χ1) is 13.1. The van der Waals surface area contributed by atoms with E-state index in [1.165, 1.54) is 12.1 Å². The number of amides is 2. The third-order valence-corrected chi connectivity index (χ3v) is 4.90. The van der Waals surface area contributed by atoms with Crippen molar-refractivity contribution in [3.63, 3.8) is 0 Å². The molecule has 1 saturated carbocycles. The van der Waals surface area contributed by atoms with Gasteiger partial charge in [-0.05, 0) is 42.7 Å². The number of hydrogen-bond donors (Lipinski definition) is 2. The van der Waals surface area contributed by atoms with Crippen LogP contribution in [0.4, 0.5) is 10.1 Å². The summed E-state index contributed by atoms with van der Waals surface area (Å²) < 4.78 is 24.0. The Morgan fingerprint density at radius 3 is 2.37 bits per heavy atom. The number of carbonyl (C=O) groups excluding carboxylic acids is 2. The van der Waals surface area contributed by atoms with Crippen LogP contribution >= 0.6 is 0 Å². The summed E-state index contributed by atoms with van der Waals surface area (Å²) in [6.07, 6.45) is 1.78. The molecule has 0 spiro atoms. The molecule has 0 radical (unpaired) electrons. The van der Waals surface area contributed by atoms with Crippen molar-refractivity contribution in [2.24, 2.45) is 0 Å². The van der Waals surface area contributed by atoms with E-state index >= 15 is 0 Å². The monoisotopic (exact) mass is 370 g/mol. The summed E-state index contributed by atoms with van der Waals surface area (Å²) in [7, 11) is 0. The first-order valence-corrected chi connectivity index (χ1v) is 8.81. The average molecular weight is 370 g/mol. The van der Waals surface area contributed by atoms with Crippen molar-refractivity contribution in [2.75, 3.05) is 25.1 Å². The van der Waals surface area contributed by atoms with E-state index < -0.39 is 11.8 Å². The molecule has 2 aromatic rings. The second kappa shape index (κ2) is 6.90. The van der Waals surface area contributed by atoms with Crippen molar-refractivity contribution in [3.05, 3.63) is 53.8 Å². The maximum absolute atomic E-state index is 13.1. The Bertz CT molecular complexity index is 878. The molecule has 1 heterocycles. The van der Waals surface area contributed by atoms with E-state index in [9.17, 15) is 14.0 Å². The van der Waals surface area contributed by atoms with Gasteiger partial charge in [0.1, 0.15) is 19.0 Å². The van der Waals surface area contributed by atoms with Crippen molar-refractivity contribution in [3.8, 4) is 11.5 Å². The Hall–Kier alpha value is -3.09. The van der Waals surface area contributed by atoms with Gasteiger partial charge in [0.25, 0.3) is 0 Å². The molecule has 140 valence electrons. The second-order valence-electron chi connectivity index (χ2n) is 6.78. The Morgan fingerprint density at radius 2 is 1.67 bits per heavy atom. The summed E-state index contributed by atoms with van der Waals surface area (Å²) in [5.74, 6) is -0.608. The highest BCUT2D eigenvalue weighted by atomic mass is 19.1. The van der Waals surface area contributed by atoms with Crippen molar-refractivity contribution < 1.29 is 23.5 Å². The van der Waals surface area contributed by atoms with Crippen LogP contribution < -0.4 is 20.1 Å². The lowest BCUT2D eigenvalue weighted by Gasteiger charge is -2.19. The van der Waals surface area contributed by atoms with Gasteiger partial charge in [-0.1, -0.05) is 12.1 Å². The first kappa shape index (κ1) is 17.3. The number of rotatable bonds is 4. The molecule has 7 heteroatoms. The highest BCUT2D eigenvalue weighted by Crippen LogP contribution is 2.47. The van der Waals surface area contributed by atoms with Gasteiger partial charge < -0.3 is 20.1 Å². The number of fused-ring (bicyclic) bond motifs is 1. The van der Waals surface area contributed by atoms with Crippen LogP contribution in [0.1, 0.15) is 18.4 Å². The molecule has 0 aromatic heterocycles. The number of carbonyl (C=O) groups is 2. The lowest BCUT2D eigenvalue weighted by Crippen LogP contribution is -2.39. The Labute approximate surface area is 155 Å². The van der Waals surface area contributed by atoms with Crippen LogP contribution in [0, 0.1) is 5.82 Å². The van der Waals surface area contributed by atoms with Crippen LogP contribution in [0.2, 0.25) is 0 Å². The number of benzene rings is 2. The van der Waals surface area contributed by atoms with Crippen molar-refractivity contribution in [1.29, 1.82) is 0 Å². The van der Waals surface area contributed by atoms with E-state index in [2.05, 4.69) is 10.6 Å². The van der Waals surface area contributed by atoms with Crippen LogP contribution in [0.25, 0.3) is 0 Å². The molecule has 2 aliphatic rings. The van der Waals surface area contributed by atoms with Gasteiger partial charge in [-0.3, -0.25) is 9.59 Å². The van der Waals surface area contributed by atoms with Crippen molar-refractivity contribution in [2.45, 2.75) is 18.3 Å². The third kappa shape index (κ3) is 3.72. The molecule has 0 bridgehead atoms. The highest BCUT2D eigenvalue weighted by molar-refractivity contribution is 6.39. The van der Waals surface area contributed by atoms with Crippen molar-refractivity contribution >= 4 is 17.5 Å². The van der Waals surface area contributed by atoms with Gasteiger partial charge in [0.2, 0.25) is 0 Å². The summed E-state index contributed by atoms with van der Waals surface area (Å²) in [5.41, 5.74) is 1.22. The molecule has 2 amide bonds. The van der Waals surface area contributed by atoms with Crippen molar-refractivity contribution in [1.82, 2.24) is 5.32 Å². The van der Waals surface area contributed by atoms with Gasteiger partial charge in [-0.15, -0.1) is 0 Å². The molecule has 1 aliphatic carbocycles. The third-order valence-electron chi connectivity index (χ3n) is 4.90. The molecule has 2 aromatic carbocycles. The summed E-state index contributed by atoms with van der Waals surface area (Å²) in [4.78, 5) is 24.3. The van der Waals surface area contributed by atoms with Crippen LogP contribution in [0.15, 0.2) is 42.5 Å². The zero-order valence-electron chi connectivity index (χ0n) is 14.6. The molecule has 1 aliphatic heterocycles. The SMILES string of the molecule is O=C(NCC1(c2ccc(F)cc2)CC1)C(=O)Nc1ccc2c(c1)OCCO2. The fourth-order valence-corrected chi connectivity index (χ4v) is 3.16. The van der Waals surface area contributed by atoms with Crippen LogP contribution in [0.5, 0.6) is 11.5 Å². The Balaban J connectivity index is 1.34. The smallest absolute Gasteiger partial charge is 0.313 e. The molecule has 0 saturated heterocycles. The standard InChI is InChI=1S/C20H19FN2O4/c21-14-3-1-13(2-4-14)20(7-8-20)12-22-18(24)19(25)23-15-5-6-16-17(11-15)27-10-9-26-16/h1-6,11H,7-10,12H2,(H,22,24)(H,23,25). The molecule has 1 fully saturated rings. The number of nitrogens with one attached hydrogen (secondary N) is 2. The first-order valence-electron chi connectivity index (χ1n) is 8.81. The topological polar surface area (TPSA) is 76.7 Å². The normalized spacial score (nSPS) is 16.3. The molecular formula is C20H19FN2O4. The Morgan fingerprint density at radius 1 is 0.963 bits per heavy atom. The van der Waals surface area contributed by atoms with E-state index in [0.29, 0.717) is 36.9 Å². The minimum atomic E-state index is -0.749. The summed E-state index contributed by atoms with van der Waals surface area (Å²) in [6, 6.07) is 11.2. The van der Waals surface area contributed by atoms with Gasteiger partial charge in [0.05, 0.1) is 0 Å². The molecule has 4 rings (SSSR count). The molecule has 6 nitrogen and oxygen atoms in total. The van der Waals surface area contributed by atoms with E-state index in [1.807, 2.05) is 0 Å². The fourth-order valence-electron chi connectivity index (χ4n) is 3.16. The highest BCUT2D eigenvalue weighted by Gasteiger charge is 2.44. The maximum Gasteiger partial charge on any atom is 0.313 e. The van der Waals surface area contributed by atoms with Crippen LogP contribution in [-0.2, 0) is 15.0 Å². The average Bonchev–Trinajstić information content (AvgIpc) is 3.47. The number of anilines is 1. The van der Waals surface area contributed by atoms with Gasteiger partial charge in [-0.2, -0.15) is 0 Å². The molecular weight excluding hydrogens is 351 g/mol. The van der Waals surface area contributed by atoms with Gasteiger partial charge in [-0.25, -0.2) is 4.39 Å². The molecule has 0 atom stereocenters. The summed E-state index contributed by atoms with van der Waals surface area (Å²) >= 11 is 0. The maximum atomic E-state index is 13.1. The number of halogens is 1. The van der Waals surface area contributed by atoms with E-state index in [1.54, 1.807) is 30.3 Å². The number of ether oxygens (including phenoxy) is 2. The zero-order chi connectivity index (χ0) is 18.9. The van der Waals surface area contributed by atoms with Gasteiger partial charge >= 0.3 is 11.8 Å². The number of hydrogen-bond acceptors (Lipinski definition) is 4. The predicted molar refractivity (Wildman–Crippen MR) is 96.4 cm³/mol. The Kier molecular flexibility index (Phi) is 4.43. The molecule has 27 heavy (non-hydrogen) atoms. The molecule has 2 N–H and O–H groups in total.